The van der Waals surface area contributed by atoms with Gasteiger partial charge in [0.1, 0.15) is 0 Å². The fourth-order valence-electron chi connectivity index (χ4n) is 1.47. The molecule has 0 aliphatic carbocycles. The molecule has 0 rings (SSSR count). The lowest BCUT2D eigenvalue weighted by Gasteiger charge is -2.08. The van der Waals surface area contributed by atoms with Gasteiger partial charge in [-0.1, -0.05) is 25.0 Å². The Morgan fingerprint density at radius 1 is 1.12 bits per heavy atom. The lowest BCUT2D eigenvalue weighted by molar-refractivity contribution is -0.137. The lowest BCUT2D eigenvalue weighted by Crippen LogP contribution is -2.00. The third kappa shape index (κ3) is 11.3. The molecule has 0 radical (unpaired) electrons. The van der Waals surface area contributed by atoms with Gasteiger partial charge >= 0.3 is 11.9 Å². The molecule has 0 saturated heterocycles. The zero-order chi connectivity index (χ0) is 13.1. The molecule has 0 heterocycles. The van der Waals surface area contributed by atoms with Gasteiger partial charge in [-0.2, -0.15) is 12.6 Å². The van der Waals surface area contributed by atoms with E-state index in [2.05, 4.69) is 12.6 Å². The average Bonchev–Trinajstić information content (AvgIpc) is 2.25. The Kier molecular flexibility index (Phi) is 9.62. The molecule has 0 aromatic carbocycles. The fraction of sp³-hybridized carbons (Fsp3) is 0.667. The van der Waals surface area contributed by atoms with Crippen molar-refractivity contribution in [2.24, 2.45) is 5.92 Å². The highest BCUT2D eigenvalue weighted by atomic mass is 32.1. The van der Waals surface area contributed by atoms with Gasteiger partial charge in [-0.15, -0.1) is 0 Å². The second-order valence-corrected chi connectivity index (χ2v) is 4.33. The fourth-order valence-corrected chi connectivity index (χ4v) is 1.77. The first-order chi connectivity index (χ1) is 8.06. The van der Waals surface area contributed by atoms with Gasteiger partial charge in [-0.25, -0.2) is 0 Å². The van der Waals surface area contributed by atoms with E-state index in [1.54, 1.807) is 6.08 Å². The minimum atomic E-state index is -0.833. The summed E-state index contributed by atoms with van der Waals surface area (Å²) in [6, 6.07) is 0. The molecule has 1 atom stereocenters. The van der Waals surface area contributed by atoms with Gasteiger partial charge in [0, 0.05) is 6.42 Å². The normalized spacial score (nSPS) is 12.8. The summed E-state index contributed by atoms with van der Waals surface area (Å²) in [7, 11) is 0. The molecule has 0 aliphatic heterocycles. The predicted octanol–water partition coefficient (Wildman–Crippen LogP) is 2.60. The smallest absolute Gasteiger partial charge is 0.307 e. The summed E-state index contributed by atoms with van der Waals surface area (Å²) in [5.41, 5.74) is 0. The van der Waals surface area contributed by atoms with E-state index in [9.17, 15) is 9.59 Å². The van der Waals surface area contributed by atoms with Crippen LogP contribution in [0.5, 0.6) is 0 Å². The van der Waals surface area contributed by atoms with Crippen LogP contribution in [0.4, 0.5) is 0 Å². The summed E-state index contributed by atoms with van der Waals surface area (Å²) in [5, 5.41) is 16.9. The topological polar surface area (TPSA) is 74.6 Å². The molecule has 4 nitrogen and oxygen atoms in total. The Balaban J connectivity index is 3.64. The van der Waals surface area contributed by atoms with E-state index in [4.69, 9.17) is 10.2 Å². The number of aliphatic carboxylic acids is 2. The van der Waals surface area contributed by atoms with Crippen LogP contribution in [0.2, 0.25) is 0 Å². The first-order valence-electron chi connectivity index (χ1n) is 5.77. The molecule has 0 aromatic heterocycles. The van der Waals surface area contributed by atoms with Gasteiger partial charge in [0.15, 0.2) is 0 Å². The average molecular weight is 260 g/mol. The van der Waals surface area contributed by atoms with Gasteiger partial charge in [0.2, 0.25) is 0 Å². The van der Waals surface area contributed by atoms with Crippen LogP contribution in [0.1, 0.15) is 38.5 Å². The number of hydrogen-bond acceptors (Lipinski definition) is 3. The van der Waals surface area contributed by atoms with Gasteiger partial charge < -0.3 is 10.2 Å². The van der Waals surface area contributed by atoms with Crippen LogP contribution in [0.25, 0.3) is 0 Å². The van der Waals surface area contributed by atoms with Crippen LogP contribution in [0, 0.1) is 5.92 Å². The molecule has 1 unspecified atom stereocenters. The highest BCUT2D eigenvalue weighted by Gasteiger charge is 2.03. The van der Waals surface area contributed by atoms with Crippen LogP contribution in [0.15, 0.2) is 12.2 Å². The molecule has 0 saturated carbocycles. The van der Waals surface area contributed by atoms with Crippen molar-refractivity contribution in [3.05, 3.63) is 12.2 Å². The zero-order valence-electron chi connectivity index (χ0n) is 9.84. The Hall–Kier alpha value is -0.970. The molecule has 98 valence electrons. The minimum Gasteiger partial charge on any atom is -0.481 e. The van der Waals surface area contributed by atoms with E-state index in [0.717, 1.165) is 19.3 Å². The van der Waals surface area contributed by atoms with Crippen molar-refractivity contribution in [3.63, 3.8) is 0 Å². The van der Waals surface area contributed by atoms with E-state index < -0.39 is 11.9 Å². The Morgan fingerprint density at radius 2 is 1.82 bits per heavy atom. The number of thiol groups is 1. The highest BCUT2D eigenvalue weighted by molar-refractivity contribution is 7.80. The van der Waals surface area contributed by atoms with Crippen molar-refractivity contribution in [2.45, 2.75) is 38.5 Å². The van der Waals surface area contributed by atoms with Gasteiger partial charge in [0.05, 0.1) is 6.42 Å². The largest absolute Gasteiger partial charge is 0.481 e. The Bertz CT molecular complexity index is 263. The molecule has 0 aromatic rings. The van der Waals surface area contributed by atoms with Crippen molar-refractivity contribution in [1.29, 1.82) is 0 Å². The van der Waals surface area contributed by atoms with Crippen molar-refractivity contribution in [3.8, 4) is 0 Å². The summed E-state index contributed by atoms with van der Waals surface area (Å²) in [6.45, 7) is 0. The number of carboxylic acid groups (broad SMARTS) is 2. The summed E-state index contributed by atoms with van der Waals surface area (Å²) in [6.07, 6.45) is 7.29. The van der Waals surface area contributed by atoms with Crippen LogP contribution < -0.4 is 0 Å². The van der Waals surface area contributed by atoms with Gasteiger partial charge in [-0.3, -0.25) is 9.59 Å². The summed E-state index contributed by atoms with van der Waals surface area (Å²) in [5.74, 6) is -0.616. The zero-order valence-corrected chi connectivity index (χ0v) is 10.7. The molecule has 5 heteroatoms. The van der Waals surface area contributed by atoms with Crippen LogP contribution in [-0.4, -0.2) is 27.9 Å². The quantitative estimate of drug-likeness (QED) is 0.320. The minimum absolute atomic E-state index is 0.0449. The Morgan fingerprint density at radius 3 is 2.35 bits per heavy atom. The van der Waals surface area contributed by atoms with Crippen molar-refractivity contribution in [2.75, 3.05) is 5.75 Å². The summed E-state index contributed by atoms with van der Waals surface area (Å²) in [4.78, 5) is 20.6. The molecule has 0 aliphatic rings. The lowest BCUT2D eigenvalue weighted by atomic mass is 10.0. The summed E-state index contributed by atoms with van der Waals surface area (Å²) < 4.78 is 0. The summed E-state index contributed by atoms with van der Waals surface area (Å²) >= 11 is 4.21. The van der Waals surface area contributed by atoms with Crippen LogP contribution in [-0.2, 0) is 9.59 Å². The molecule has 2 N–H and O–H groups in total. The number of hydrogen-bond donors (Lipinski definition) is 3. The number of carbonyl (C=O) groups is 2. The molecular formula is C12H20O4S. The second kappa shape index (κ2) is 10.2. The van der Waals surface area contributed by atoms with Crippen molar-refractivity contribution in [1.82, 2.24) is 0 Å². The highest BCUT2D eigenvalue weighted by Crippen LogP contribution is 2.14. The molecule has 0 spiro atoms. The molecule has 0 amide bonds. The third-order valence-electron chi connectivity index (χ3n) is 2.40. The van der Waals surface area contributed by atoms with E-state index in [0.29, 0.717) is 12.2 Å². The molecule has 17 heavy (non-hydrogen) atoms. The van der Waals surface area contributed by atoms with E-state index in [-0.39, 0.29) is 18.8 Å². The van der Waals surface area contributed by atoms with Crippen LogP contribution in [0.3, 0.4) is 0 Å². The van der Waals surface area contributed by atoms with E-state index in [1.807, 2.05) is 6.08 Å². The number of allylic oxidation sites excluding steroid dienone is 1. The molecule has 0 fully saturated rings. The second-order valence-electron chi connectivity index (χ2n) is 3.96. The predicted molar refractivity (Wildman–Crippen MR) is 69.5 cm³/mol. The first kappa shape index (κ1) is 16.0. The Labute approximate surface area is 107 Å². The van der Waals surface area contributed by atoms with E-state index >= 15 is 0 Å². The van der Waals surface area contributed by atoms with E-state index in [1.165, 1.54) is 0 Å². The van der Waals surface area contributed by atoms with Crippen LogP contribution >= 0.6 is 12.6 Å². The molecule has 0 bridgehead atoms. The SMILES string of the molecule is O=C(O)C/C=C/C(CS)CCCCCC(=O)O. The third-order valence-corrected chi connectivity index (χ3v) is 2.87. The maximum Gasteiger partial charge on any atom is 0.307 e. The van der Waals surface area contributed by atoms with Gasteiger partial charge in [0.25, 0.3) is 0 Å². The maximum absolute atomic E-state index is 10.3. The van der Waals surface area contributed by atoms with Gasteiger partial charge in [-0.05, 0) is 24.5 Å². The number of carboxylic acids is 2. The molecular weight excluding hydrogens is 240 g/mol. The maximum atomic E-state index is 10.3. The monoisotopic (exact) mass is 260 g/mol. The number of rotatable bonds is 10. The van der Waals surface area contributed by atoms with Crippen molar-refractivity contribution >= 4 is 24.6 Å². The van der Waals surface area contributed by atoms with Crippen molar-refractivity contribution < 1.29 is 19.8 Å². The standard InChI is InChI=1S/C12H20O4S/c13-11(14)7-3-1-2-5-10(9-17)6-4-8-12(15)16/h4,6,10,17H,1-3,5,7-9H2,(H,13,14)(H,15,16)/b6-4+. The first-order valence-corrected chi connectivity index (χ1v) is 6.40. The number of unbranched alkanes of at least 4 members (excludes halogenated alkanes) is 2.